The molecule has 6 heteroatoms. The lowest BCUT2D eigenvalue weighted by molar-refractivity contribution is 0.101. The Morgan fingerprint density at radius 3 is 2.38 bits per heavy atom. The first kappa shape index (κ1) is 15.0. The highest BCUT2D eigenvalue weighted by Gasteiger charge is 2.12. The van der Waals surface area contributed by atoms with Crippen molar-refractivity contribution < 1.29 is 4.79 Å². The molecular formula is C15H21N5O. The molecule has 0 aliphatic heterocycles. The quantitative estimate of drug-likeness (QED) is 0.856. The molecule has 0 atom stereocenters. The van der Waals surface area contributed by atoms with Crippen LogP contribution in [0.3, 0.4) is 0 Å². The third-order valence-corrected chi connectivity index (χ3v) is 3.32. The first-order chi connectivity index (χ1) is 10.2. The van der Waals surface area contributed by atoms with Crippen molar-refractivity contribution in [2.75, 3.05) is 23.3 Å². The van der Waals surface area contributed by atoms with Crippen LogP contribution in [-0.4, -0.2) is 34.2 Å². The molecule has 2 N–H and O–H groups in total. The van der Waals surface area contributed by atoms with Crippen LogP contribution in [0, 0.1) is 0 Å². The maximum absolute atomic E-state index is 12.0. The maximum atomic E-state index is 12.0. The number of carbonyl (C=O) groups is 1. The Hall–Kier alpha value is -2.37. The minimum atomic E-state index is -0.304. The first-order valence-electron chi connectivity index (χ1n) is 7.25. The van der Waals surface area contributed by atoms with E-state index in [4.69, 9.17) is 0 Å². The zero-order valence-corrected chi connectivity index (χ0v) is 12.7. The normalized spacial score (nSPS) is 10.4. The Balaban J connectivity index is 2.04. The molecule has 6 nitrogen and oxygen atoms in total. The second kappa shape index (κ2) is 6.88. The highest BCUT2D eigenvalue weighted by Crippen LogP contribution is 2.18. The van der Waals surface area contributed by atoms with Crippen molar-refractivity contribution in [2.45, 2.75) is 27.2 Å². The van der Waals surface area contributed by atoms with Crippen molar-refractivity contribution in [2.24, 2.45) is 0 Å². The summed E-state index contributed by atoms with van der Waals surface area (Å²) >= 11 is 0. The highest BCUT2D eigenvalue weighted by atomic mass is 16.2. The summed E-state index contributed by atoms with van der Waals surface area (Å²) in [6.07, 6.45) is 0.721. The number of hydrogen-bond donors (Lipinski definition) is 2. The summed E-state index contributed by atoms with van der Waals surface area (Å²) in [7, 11) is 0. The van der Waals surface area contributed by atoms with E-state index in [1.807, 2.05) is 31.2 Å². The fourth-order valence-corrected chi connectivity index (χ4v) is 2.09. The minimum absolute atomic E-state index is 0.166. The highest BCUT2D eigenvalue weighted by molar-refractivity contribution is 6.01. The number of rotatable bonds is 6. The molecule has 1 aromatic heterocycles. The number of aromatic amines is 1. The zero-order chi connectivity index (χ0) is 15.2. The van der Waals surface area contributed by atoms with Crippen LogP contribution in [0.1, 0.15) is 37.2 Å². The van der Waals surface area contributed by atoms with Crippen LogP contribution in [-0.2, 0) is 6.42 Å². The molecule has 21 heavy (non-hydrogen) atoms. The Morgan fingerprint density at radius 2 is 1.86 bits per heavy atom. The standard InChI is InChI=1S/C15H21N5O/c1-4-13-17-14(19-18-13)15(21)16-11-7-9-12(10-8-11)20(5-2)6-3/h7-10H,4-6H2,1-3H3,(H,16,21)(H,17,18,19). The van der Waals surface area contributed by atoms with E-state index in [1.54, 1.807) is 0 Å². The van der Waals surface area contributed by atoms with Crippen molar-refractivity contribution in [3.8, 4) is 0 Å². The van der Waals surface area contributed by atoms with Crippen LogP contribution in [0.2, 0.25) is 0 Å². The Kier molecular flexibility index (Phi) is 4.92. The zero-order valence-electron chi connectivity index (χ0n) is 12.7. The number of amides is 1. The lowest BCUT2D eigenvalue weighted by atomic mass is 10.2. The number of H-pyrrole nitrogens is 1. The predicted molar refractivity (Wildman–Crippen MR) is 83.7 cm³/mol. The average molecular weight is 287 g/mol. The summed E-state index contributed by atoms with van der Waals surface area (Å²) in [5, 5.41) is 9.43. The van der Waals surface area contributed by atoms with Gasteiger partial charge in [-0.1, -0.05) is 6.92 Å². The van der Waals surface area contributed by atoms with Gasteiger partial charge < -0.3 is 10.2 Å². The summed E-state index contributed by atoms with van der Waals surface area (Å²) in [4.78, 5) is 18.4. The van der Waals surface area contributed by atoms with Crippen LogP contribution in [0.5, 0.6) is 0 Å². The Morgan fingerprint density at radius 1 is 1.19 bits per heavy atom. The van der Waals surface area contributed by atoms with E-state index in [0.717, 1.165) is 30.9 Å². The van der Waals surface area contributed by atoms with Gasteiger partial charge in [0, 0.05) is 30.9 Å². The minimum Gasteiger partial charge on any atom is -0.372 e. The van der Waals surface area contributed by atoms with Gasteiger partial charge in [-0.3, -0.25) is 9.89 Å². The third kappa shape index (κ3) is 3.59. The van der Waals surface area contributed by atoms with Gasteiger partial charge in [-0.2, -0.15) is 0 Å². The van der Waals surface area contributed by atoms with Crippen molar-refractivity contribution >= 4 is 17.3 Å². The largest absolute Gasteiger partial charge is 0.372 e. The molecule has 0 saturated carbocycles. The fraction of sp³-hybridized carbons (Fsp3) is 0.400. The number of aromatic nitrogens is 3. The van der Waals surface area contributed by atoms with Crippen LogP contribution < -0.4 is 10.2 Å². The van der Waals surface area contributed by atoms with Gasteiger partial charge in [0.1, 0.15) is 5.82 Å². The molecule has 0 bridgehead atoms. The van der Waals surface area contributed by atoms with Gasteiger partial charge >= 0.3 is 0 Å². The molecule has 0 spiro atoms. The third-order valence-electron chi connectivity index (χ3n) is 3.32. The van der Waals surface area contributed by atoms with E-state index >= 15 is 0 Å². The summed E-state index contributed by atoms with van der Waals surface area (Å²) < 4.78 is 0. The van der Waals surface area contributed by atoms with Crippen LogP contribution in [0.15, 0.2) is 24.3 Å². The van der Waals surface area contributed by atoms with Crippen LogP contribution >= 0.6 is 0 Å². The Bertz CT molecular complexity index is 586. The second-order valence-electron chi connectivity index (χ2n) is 4.63. The molecule has 0 saturated heterocycles. The fourth-order valence-electron chi connectivity index (χ4n) is 2.09. The number of benzene rings is 1. The predicted octanol–water partition coefficient (Wildman–Crippen LogP) is 2.47. The number of hydrogen-bond acceptors (Lipinski definition) is 4. The summed E-state index contributed by atoms with van der Waals surface area (Å²) in [6.45, 7) is 8.11. The molecule has 0 unspecified atom stereocenters. The molecule has 1 aromatic carbocycles. The van der Waals surface area contributed by atoms with Crippen LogP contribution in [0.4, 0.5) is 11.4 Å². The van der Waals surface area contributed by atoms with Crippen molar-refractivity contribution in [1.82, 2.24) is 15.2 Å². The molecule has 2 rings (SSSR count). The second-order valence-corrected chi connectivity index (χ2v) is 4.63. The molecule has 1 amide bonds. The van der Waals surface area contributed by atoms with Gasteiger partial charge in [0.15, 0.2) is 0 Å². The maximum Gasteiger partial charge on any atom is 0.295 e. The monoisotopic (exact) mass is 287 g/mol. The topological polar surface area (TPSA) is 73.9 Å². The summed E-state index contributed by atoms with van der Waals surface area (Å²) in [5.74, 6) is 0.568. The Labute approximate surface area is 124 Å². The summed E-state index contributed by atoms with van der Waals surface area (Å²) in [5.41, 5.74) is 1.88. The van der Waals surface area contributed by atoms with E-state index in [9.17, 15) is 4.79 Å². The van der Waals surface area contributed by atoms with Crippen molar-refractivity contribution in [3.63, 3.8) is 0 Å². The van der Waals surface area contributed by atoms with Gasteiger partial charge in [-0.05, 0) is 38.1 Å². The lowest BCUT2D eigenvalue weighted by Gasteiger charge is -2.21. The molecule has 0 fully saturated rings. The van der Waals surface area contributed by atoms with Gasteiger partial charge in [-0.25, -0.2) is 4.98 Å². The van der Waals surface area contributed by atoms with E-state index in [2.05, 4.69) is 39.2 Å². The molecule has 1 heterocycles. The van der Waals surface area contributed by atoms with E-state index in [0.29, 0.717) is 5.82 Å². The molecule has 112 valence electrons. The smallest absolute Gasteiger partial charge is 0.295 e. The average Bonchev–Trinajstić information content (AvgIpc) is 2.99. The van der Waals surface area contributed by atoms with E-state index in [-0.39, 0.29) is 11.7 Å². The molecule has 0 aliphatic carbocycles. The van der Waals surface area contributed by atoms with Crippen molar-refractivity contribution in [1.29, 1.82) is 0 Å². The first-order valence-corrected chi connectivity index (χ1v) is 7.25. The summed E-state index contributed by atoms with van der Waals surface area (Å²) in [6, 6.07) is 7.77. The molecule has 2 aromatic rings. The lowest BCUT2D eigenvalue weighted by Crippen LogP contribution is -2.21. The van der Waals surface area contributed by atoms with Crippen molar-refractivity contribution in [3.05, 3.63) is 35.9 Å². The SMILES string of the molecule is CCc1nc(C(=O)Nc2ccc(N(CC)CC)cc2)n[nH]1. The number of carbonyl (C=O) groups excluding carboxylic acids is 1. The number of nitrogens with zero attached hydrogens (tertiary/aromatic N) is 3. The van der Waals surface area contributed by atoms with Gasteiger partial charge in [0.25, 0.3) is 5.91 Å². The van der Waals surface area contributed by atoms with Crippen LogP contribution in [0.25, 0.3) is 0 Å². The van der Waals surface area contributed by atoms with Gasteiger partial charge in [0.2, 0.25) is 5.82 Å². The molecular weight excluding hydrogens is 266 g/mol. The van der Waals surface area contributed by atoms with E-state index in [1.165, 1.54) is 0 Å². The molecule has 0 aliphatic rings. The number of nitrogens with one attached hydrogen (secondary N) is 2. The number of aryl methyl sites for hydroxylation is 1. The van der Waals surface area contributed by atoms with Gasteiger partial charge in [0.05, 0.1) is 0 Å². The van der Waals surface area contributed by atoms with Gasteiger partial charge in [-0.15, -0.1) is 5.10 Å². The number of anilines is 2. The van der Waals surface area contributed by atoms with E-state index < -0.39 is 0 Å². The molecule has 0 radical (unpaired) electrons.